The molecule has 2 aromatic rings. The molecule has 1 heterocycles. The lowest BCUT2D eigenvalue weighted by Crippen LogP contribution is -2.16. The Morgan fingerprint density at radius 3 is 2.50 bits per heavy atom. The highest BCUT2D eigenvalue weighted by Crippen LogP contribution is 2.34. The lowest BCUT2D eigenvalue weighted by atomic mass is 9.91. The van der Waals surface area contributed by atoms with E-state index in [0.29, 0.717) is 30.0 Å². The molecule has 0 atom stereocenters. The van der Waals surface area contributed by atoms with Gasteiger partial charge in [-0.3, -0.25) is 0 Å². The van der Waals surface area contributed by atoms with Crippen molar-refractivity contribution in [1.29, 1.82) is 0 Å². The average molecular weight is 294 g/mol. The van der Waals surface area contributed by atoms with Crippen LogP contribution >= 0.6 is 0 Å². The number of carbonyl (C=O) groups excluding carboxylic acids is 1. The molecule has 0 unspecified atom stereocenters. The zero-order valence-electron chi connectivity index (χ0n) is 11.8. The lowest BCUT2D eigenvalue weighted by molar-refractivity contribution is -0.136. The second-order valence-electron chi connectivity index (χ2n) is 5.00. The van der Waals surface area contributed by atoms with Crippen LogP contribution in [0.4, 0.5) is 11.4 Å². The molecular formula is C17H14N2O3. The number of cyclic esters (lactones) is 1. The van der Waals surface area contributed by atoms with E-state index in [2.05, 4.69) is 5.18 Å². The number of nitrogen functional groups attached to an aromatic ring is 1. The average Bonchev–Trinajstić information content (AvgIpc) is 2.54. The topological polar surface area (TPSA) is 81.8 Å². The van der Waals surface area contributed by atoms with Gasteiger partial charge in [-0.2, -0.15) is 0 Å². The number of benzene rings is 2. The summed E-state index contributed by atoms with van der Waals surface area (Å²) in [5.74, 6) is -0.357. The number of esters is 1. The van der Waals surface area contributed by atoms with E-state index in [9.17, 15) is 9.70 Å². The molecule has 1 aliphatic heterocycles. The van der Waals surface area contributed by atoms with Crippen LogP contribution in [0.2, 0.25) is 0 Å². The highest BCUT2D eigenvalue weighted by molar-refractivity contribution is 6.25. The standard InChI is InChI=1S/C17H14N2O3/c18-13-3-1-2-12(10-13)16-15(8-9-22-17(16)20)11-4-6-14(19-21)7-5-11/h1-7,10H,8-9,18H2. The summed E-state index contributed by atoms with van der Waals surface area (Å²) >= 11 is 0. The molecule has 3 rings (SSSR count). The summed E-state index contributed by atoms with van der Waals surface area (Å²) in [6.45, 7) is 0.341. The van der Waals surface area contributed by atoms with E-state index in [1.807, 2.05) is 6.07 Å². The molecule has 5 nitrogen and oxygen atoms in total. The van der Waals surface area contributed by atoms with Gasteiger partial charge >= 0.3 is 5.97 Å². The number of carbonyl (C=O) groups is 1. The number of ether oxygens (including phenoxy) is 1. The second kappa shape index (κ2) is 5.81. The van der Waals surface area contributed by atoms with Crippen LogP contribution in [0.3, 0.4) is 0 Å². The predicted octanol–water partition coefficient (Wildman–Crippen LogP) is 3.52. The Morgan fingerprint density at radius 1 is 1.05 bits per heavy atom. The van der Waals surface area contributed by atoms with Crippen LogP contribution < -0.4 is 5.73 Å². The van der Waals surface area contributed by atoms with Crippen molar-refractivity contribution in [3.8, 4) is 0 Å². The molecule has 0 radical (unpaired) electrons. The molecule has 2 aromatic carbocycles. The van der Waals surface area contributed by atoms with Crippen molar-refractivity contribution < 1.29 is 9.53 Å². The van der Waals surface area contributed by atoms with Gasteiger partial charge in [0.2, 0.25) is 0 Å². The molecule has 5 heteroatoms. The number of nitrogens with two attached hydrogens (primary N) is 1. The fourth-order valence-electron chi connectivity index (χ4n) is 2.56. The van der Waals surface area contributed by atoms with E-state index in [-0.39, 0.29) is 5.97 Å². The van der Waals surface area contributed by atoms with Gasteiger partial charge in [-0.15, -0.1) is 4.91 Å². The molecule has 2 N–H and O–H groups in total. The zero-order valence-corrected chi connectivity index (χ0v) is 11.8. The van der Waals surface area contributed by atoms with Gasteiger partial charge < -0.3 is 10.5 Å². The minimum atomic E-state index is -0.357. The SMILES string of the molecule is Nc1cccc(C2=C(c3ccc(N=O)cc3)CCOC2=O)c1. The molecule has 1 aliphatic rings. The number of hydrogen-bond acceptors (Lipinski definition) is 5. The predicted molar refractivity (Wildman–Crippen MR) is 85.1 cm³/mol. The quantitative estimate of drug-likeness (QED) is 0.533. The molecule has 110 valence electrons. The number of nitrogens with zero attached hydrogens (tertiary/aromatic N) is 1. The van der Waals surface area contributed by atoms with Gasteiger partial charge in [0.05, 0.1) is 12.2 Å². The van der Waals surface area contributed by atoms with Crippen LogP contribution in [0.5, 0.6) is 0 Å². The van der Waals surface area contributed by atoms with Gasteiger partial charge in [0, 0.05) is 12.1 Å². The maximum Gasteiger partial charge on any atom is 0.339 e. The smallest absolute Gasteiger partial charge is 0.339 e. The van der Waals surface area contributed by atoms with Gasteiger partial charge in [-0.1, -0.05) is 24.3 Å². The minimum absolute atomic E-state index is 0.341. The summed E-state index contributed by atoms with van der Waals surface area (Å²) in [5.41, 5.74) is 9.77. The molecule has 0 aliphatic carbocycles. The summed E-state index contributed by atoms with van der Waals surface area (Å²) in [4.78, 5) is 22.7. The van der Waals surface area contributed by atoms with Crippen LogP contribution in [-0.2, 0) is 9.53 Å². The third-order valence-electron chi connectivity index (χ3n) is 3.59. The normalized spacial score (nSPS) is 14.6. The van der Waals surface area contributed by atoms with Gasteiger partial charge in [0.25, 0.3) is 0 Å². The van der Waals surface area contributed by atoms with Gasteiger partial charge in [0.15, 0.2) is 0 Å². The van der Waals surface area contributed by atoms with Crippen molar-refractivity contribution >= 4 is 28.5 Å². The molecule has 0 bridgehead atoms. The van der Waals surface area contributed by atoms with Gasteiger partial charge in [-0.05, 0) is 46.1 Å². The Kier molecular flexibility index (Phi) is 3.70. The summed E-state index contributed by atoms with van der Waals surface area (Å²) in [5, 5.41) is 2.89. The molecule has 0 aromatic heterocycles. The first-order chi connectivity index (χ1) is 10.7. The second-order valence-corrected chi connectivity index (χ2v) is 5.00. The maximum atomic E-state index is 12.2. The van der Waals surface area contributed by atoms with Crippen LogP contribution in [0.25, 0.3) is 11.1 Å². The monoisotopic (exact) mass is 294 g/mol. The molecular weight excluding hydrogens is 280 g/mol. The third kappa shape index (κ3) is 2.61. The number of nitroso groups, excluding NO2 is 1. The Balaban J connectivity index is 2.15. The van der Waals surface area contributed by atoms with E-state index >= 15 is 0 Å². The van der Waals surface area contributed by atoms with Crippen LogP contribution in [-0.4, -0.2) is 12.6 Å². The Bertz CT molecular complexity index is 764. The zero-order chi connectivity index (χ0) is 15.5. The molecule has 0 saturated carbocycles. The first-order valence-corrected chi connectivity index (χ1v) is 6.89. The molecule has 0 saturated heterocycles. The van der Waals surface area contributed by atoms with E-state index in [1.54, 1.807) is 42.5 Å². The molecule has 22 heavy (non-hydrogen) atoms. The Hall–Kier alpha value is -2.95. The van der Waals surface area contributed by atoms with E-state index in [0.717, 1.165) is 16.7 Å². The van der Waals surface area contributed by atoms with E-state index in [4.69, 9.17) is 10.5 Å². The molecule has 0 spiro atoms. The number of hydrogen-bond donors (Lipinski definition) is 1. The van der Waals surface area contributed by atoms with Crippen molar-refractivity contribution in [1.82, 2.24) is 0 Å². The molecule has 0 amide bonds. The summed E-state index contributed by atoms with van der Waals surface area (Å²) in [6, 6.07) is 14.0. The van der Waals surface area contributed by atoms with Crippen molar-refractivity contribution in [3.05, 3.63) is 64.6 Å². The highest BCUT2D eigenvalue weighted by Gasteiger charge is 2.24. The Labute approximate surface area is 127 Å². The first kappa shape index (κ1) is 14.0. The van der Waals surface area contributed by atoms with Crippen molar-refractivity contribution in [2.45, 2.75) is 6.42 Å². The van der Waals surface area contributed by atoms with E-state index in [1.165, 1.54) is 0 Å². The summed E-state index contributed by atoms with van der Waals surface area (Å²) in [6.07, 6.45) is 0.615. The fraction of sp³-hybridized carbons (Fsp3) is 0.118. The van der Waals surface area contributed by atoms with Crippen LogP contribution in [0, 0.1) is 4.91 Å². The third-order valence-corrected chi connectivity index (χ3v) is 3.59. The largest absolute Gasteiger partial charge is 0.462 e. The van der Waals surface area contributed by atoms with Crippen molar-refractivity contribution in [2.24, 2.45) is 5.18 Å². The highest BCUT2D eigenvalue weighted by atomic mass is 16.5. The fourth-order valence-corrected chi connectivity index (χ4v) is 2.56. The maximum absolute atomic E-state index is 12.2. The van der Waals surface area contributed by atoms with Crippen molar-refractivity contribution in [2.75, 3.05) is 12.3 Å². The Morgan fingerprint density at radius 2 is 1.82 bits per heavy atom. The minimum Gasteiger partial charge on any atom is -0.462 e. The number of rotatable bonds is 3. The lowest BCUT2D eigenvalue weighted by Gasteiger charge is -2.20. The summed E-state index contributed by atoms with van der Waals surface area (Å²) < 4.78 is 5.18. The van der Waals surface area contributed by atoms with Crippen molar-refractivity contribution in [3.63, 3.8) is 0 Å². The van der Waals surface area contributed by atoms with Crippen LogP contribution in [0.15, 0.2) is 53.7 Å². The molecule has 0 fully saturated rings. The summed E-state index contributed by atoms with van der Waals surface area (Å²) in [7, 11) is 0. The van der Waals surface area contributed by atoms with E-state index < -0.39 is 0 Å². The number of anilines is 1. The van der Waals surface area contributed by atoms with Gasteiger partial charge in [-0.25, -0.2) is 4.79 Å². The van der Waals surface area contributed by atoms with Crippen LogP contribution in [0.1, 0.15) is 17.5 Å². The first-order valence-electron chi connectivity index (χ1n) is 6.89. The van der Waals surface area contributed by atoms with Gasteiger partial charge in [0.1, 0.15) is 5.69 Å².